The number of nitrogens with zero attached hydrogens (tertiary/aromatic N) is 1. The number of nitrogen functional groups attached to an aromatic ring is 1. The molecule has 3 nitrogen and oxygen atoms in total. The maximum absolute atomic E-state index is 5.65. The van der Waals surface area contributed by atoms with Crippen LogP contribution in [0.2, 0.25) is 5.15 Å². The van der Waals surface area contributed by atoms with Gasteiger partial charge in [0, 0.05) is 0 Å². The predicted molar refractivity (Wildman–Crippen MR) is 46.4 cm³/mol. The number of pyridine rings is 1. The molecule has 0 fully saturated rings. The summed E-state index contributed by atoms with van der Waals surface area (Å²) in [6.07, 6.45) is 0.784. The van der Waals surface area contributed by atoms with E-state index in [2.05, 4.69) is 4.98 Å². The molecule has 0 amide bonds. The second-order valence-electron chi connectivity index (χ2n) is 2.26. The Balaban J connectivity index is 2.89. The Morgan fingerprint density at radius 1 is 1.45 bits per heavy atom. The smallest absolute Gasteiger partial charge is 0.131 e. The fraction of sp³-hybridized carbons (Fsp3) is 0.286. The molecule has 0 spiro atoms. The van der Waals surface area contributed by atoms with E-state index in [1.807, 2.05) is 0 Å². The van der Waals surface area contributed by atoms with E-state index in [4.69, 9.17) is 23.1 Å². The highest BCUT2D eigenvalue weighted by Crippen LogP contribution is 2.11. The number of nitrogens with two attached hydrogens (primary N) is 2. The minimum absolute atomic E-state index is 0.424. The van der Waals surface area contributed by atoms with Crippen molar-refractivity contribution < 1.29 is 0 Å². The van der Waals surface area contributed by atoms with Crippen molar-refractivity contribution in [3.05, 3.63) is 22.8 Å². The SMILES string of the molecule is NCCc1cc(N)nc(Cl)c1. The molecule has 0 atom stereocenters. The van der Waals surface area contributed by atoms with Gasteiger partial charge in [0.15, 0.2) is 0 Å². The Kier molecular flexibility index (Phi) is 2.68. The fourth-order valence-corrected chi connectivity index (χ4v) is 1.12. The van der Waals surface area contributed by atoms with Crippen LogP contribution < -0.4 is 11.5 Å². The second kappa shape index (κ2) is 3.55. The van der Waals surface area contributed by atoms with Crippen LogP contribution in [0.25, 0.3) is 0 Å². The van der Waals surface area contributed by atoms with Gasteiger partial charge in [0.2, 0.25) is 0 Å². The van der Waals surface area contributed by atoms with Gasteiger partial charge in [0.05, 0.1) is 0 Å². The Morgan fingerprint density at radius 2 is 2.18 bits per heavy atom. The van der Waals surface area contributed by atoms with Crippen molar-refractivity contribution >= 4 is 17.4 Å². The van der Waals surface area contributed by atoms with Crippen LogP contribution in [0, 0.1) is 0 Å². The highest BCUT2D eigenvalue weighted by atomic mass is 35.5. The van der Waals surface area contributed by atoms with Gasteiger partial charge in [0.1, 0.15) is 11.0 Å². The highest BCUT2D eigenvalue weighted by Gasteiger charge is 1.96. The van der Waals surface area contributed by atoms with E-state index < -0.39 is 0 Å². The zero-order valence-electron chi connectivity index (χ0n) is 6.05. The maximum Gasteiger partial charge on any atom is 0.131 e. The summed E-state index contributed by atoms with van der Waals surface area (Å²) in [7, 11) is 0. The zero-order valence-corrected chi connectivity index (χ0v) is 6.80. The summed E-state index contributed by atoms with van der Waals surface area (Å²) >= 11 is 5.65. The summed E-state index contributed by atoms with van der Waals surface area (Å²) in [6.45, 7) is 0.597. The van der Waals surface area contributed by atoms with E-state index >= 15 is 0 Å². The van der Waals surface area contributed by atoms with E-state index in [1.54, 1.807) is 12.1 Å². The van der Waals surface area contributed by atoms with Gasteiger partial charge in [-0.05, 0) is 30.7 Å². The van der Waals surface area contributed by atoms with Gasteiger partial charge in [-0.25, -0.2) is 4.98 Å². The molecule has 4 heteroatoms. The minimum Gasteiger partial charge on any atom is -0.384 e. The number of hydrogen-bond donors (Lipinski definition) is 2. The normalized spacial score (nSPS) is 10.0. The van der Waals surface area contributed by atoms with Gasteiger partial charge in [-0.15, -0.1) is 0 Å². The zero-order chi connectivity index (χ0) is 8.27. The van der Waals surface area contributed by atoms with Crippen molar-refractivity contribution in [1.29, 1.82) is 0 Å². The van der Waals surface area contributed by atoms with Crippen molar-refractivity contribution in [2.45, 2.75) is 6.42 Å². The molecule has 1 aromatic heterocycles. The van der Waals surface area contributed by atoms with Crippen LogP contribution in [0.15, 0.2) is 12.1 Å². The molecule has 0 bridgehead atoms. The summed E-state index contributed by atoms with van der Waals surface area (Å²) < 4.78 is 0. The van der Waals surface area contributed by atoms with E-state index in [0.29, 0.717) is 17.5 Å². The Labute approximate surface area is 70.4 Å². The lowest BCUT2D eigenvalue weighted by Crippen LogP contribution is -2.03. The predicted octanol–water partition coefficient (Wildman–Crippen LogP) is 0.818. The lowest BCUT2D eigenvalue weighted by molar-refractivity contribution is 0.965. The van der Waals surface area contributed by atoms with Crippen LogP contribution in [0.3, 0.4) is 0 Å². The average Bonchev–Trinajstić information content (AvgIpc) is 1.85. The number of anilines is 1. The molecule has 0 aliphatic carbocycles. The Hall–Kier alpha value is -0.800. The molecule has 0 aromatic carbocycles. The third-order valence-electron chi connectivity index (χ3n) is 1.31. The van der Waals surface area contributed by atoms with Crippen molar-refractivity contribution in [3.63, 3.8) is 0 Å². The molecule has 0 unspecified atom stereocenters. The third-order valence-corrected chi connectivity index (χ3v) is 1.50. The quantitative estimate of drug-likeness (QED) is 0.648. The Morgan fingerprint density at radius 3 is 2.73 bits per heavy atom. The maximum atomic E-state index is 5.65. The fourth-order valence-electron chi connectivity index (χ4n) is 0.883. The molecule has 1 aromatic rings. The molecular weight excluding hydrogens is 162 g/mol. The van der Waals surface area contributed by atoms with Gasteiger partial charge in [0.25, 0.3) is 0 Å². The molecule has 0 radical (unpaired) electrons. The van der Waals surface area contributed by atoms with Crippen LogP contribution in [-0.2, 0) is 6.42 Å². The van der Waals surface area contributed by atoms with Crippen LogP contribution in [0.4, 0.5) is 5.82 Å². The van der Waals surface area contributed by atoms with E-state index in [1.165, 1.54) is 0 Å². The Bertz CT molecular complexity index is 229. The van der Waals surface area contributed by atoms with Gasteiger partial charge in [-0.3, -0.25) is 0 Å². The molecule has 0 aliphatic heterocycles. The van der Waals surface area contributed by atoms with Crippen molar-refractivity contribution in [1.82, 2.24) is 4.98 Å². The van der Waals surface area contributed by atoms with Crippen LogP contribution in [0.5, 0.6) is 0 Å². The first-order chi connectivity index (χ1) is 5.22. The lowest BCUT2D eigenvalue weighted by Gasteiger charge is -1.99. The molecule has 0 saturated heterocycles. The van der Waals surface area contributed by atoms with Crippen LogP contribution >= 0.6 is 11.6 Å². The number of hydrogen-bond acceptors (Lipinski definition) is 3. The van der Waals surface area contributed by atoms with E-state index in [-0.39, 0.29) is 0 Å². The van der Waals surface area contributed by atoms with Crippen LogP contribution in [-0.4, -0.2) is 11.5 Å². The third kappa shape index (κ3) is 2.37. The molecule has 1 heterocycles. The number of aromatic nitrogens is 1. The summed E-state index contributed by atoms with van der Waals surface area (Å²) in [5.74, 6) is 0.445. The molecule has 11 heavy (non-hydrogen) atoms. The topological polar surface area (TPSA) is 64.9 Å². The molecule has 1 rings (SSSR count). The standard InChI is InChI=1S/C7H10ClN3/c8-6-3-5(1-2-9)4-7(10)11-6/h3-4H,1-2,9H2,(H2,10,11). The van der Waals surface area contributed by atoms with Gasteiger partial charge < -0.3 is 11.5 Å². The molecule has 0 saturated carbocycles. The minimum atomic E-state index is 0.424. The lowest BCUT2D eigenvalue weighted by atomic mass is 10.2. The first kappa shape index (κ1) is 8.30. The van der Waals surface area contributed by atoms with E-state index in [0.717, 1.165) is 12.0 Å². The van der Waals surface area contributed by atoms with Crippen molar-refractivity contribution in [3.8, 4) is 0 Å². The summed E-state index contributed by atoms with van der Waals surface area (Å²) in [4.78, 5) is 3.82. The largest absolute Gasteiger partial charge is 0.384 e. The highest BCUT2D eigenvalue weighted by molar-refractivity contribution is 6.29. The number of rotatable bonds is 2. The first-order valence-corrected chi connectivity index (χ1v) is 3.72. The molecule has 60 valence electrons. The van der Waals surface area contributed by atoms with Gasteiger partial charge in [-0.2, -0.15) is 0 Å². The first-order valence-electron chi connectivity index (χ1n) is 3.34. The van der Waals surface area contributed by atoms with E-state index in [9.17, 15) is 0 Å². The molecule has 4 N–H and O–H groups in total. The van der Waals surface area contributed by atoms with Gasteiger partial charge in [-0.1, -0.05) is 11.6 Å². The summed E-state index contributed by atoms with van der Waals surface area (Å²) in [5.41, 5.74) is 11.8. The van der Waals surface area contributed by atoms with Crippen molar-refractivity contribution in [2.75, 3.05) is 12.3 Å². The van der Waals surface area contributed by atoms with Gasteiger partial charge >= 0.3 is 0 Å². The monoisotopic (exact) mass is 171 g/mol. The number of halogens is 1. The molecular formula is C7H10ClN3. The van der Waals surface area contributed by atoms with Crippen molar-refractivity contribution in [2.24, 2.45) is 5.73 Å². The van der Waals surface area contributed by atoms with Crippen LogP contribution in [0.1, 0.15) is 5.56 Å². The summed E-state index contributed by atoms with van der Waals surface area (Å²) in [5, 5.41) is 0.424. The molecule has 0 aliphatic rings. The summed E-state index contributed by atoms with van der Waals surface area (Å²) in [6, 6.07) is 3.55. The average molecular weight is 172 g/mol. The second-order valence-corrected chi connectivity index (χ2v) is 2.65.